The lowest BCUT2D eigenvalue weighted by atomic mass is 10.1. The minimum Gasteiger partial charge on any atom is -0.493 e. The van der Waals surface area contributed by atoms with Gasteiger partial charge in [-0.05, 0) is 36.8 Å². The minimum atomic E-state index is -0.547. The van der Waals surface area contributed by atoms with Crippen molar-refractivity contribution < 1.29 is 14.6 Å². The van der Waals surface area contributed by atoms with Crippen molar-refractivity contribution in [2.45, 2.75) is 19.6 Å². The molecule has 21 heavy (non-hydrogen) atoms. The van der Waals surface area contributed by atoms with Gasteiger partial charge in [-0.3, -0.25) is 0 Å². The van der Waals surface area contributed by atoms with Gasteiger partial charge in [0.25, 0.3) is 0 Å². The van der Waals surface area contributed by atoms with Crippen LogP contribution in [0.15, 0.2) is 40.9 Å². The summed E-state index contributed by atoms with van der Waals surface area (Å²) < 4.78 is 12.0. The van der Waals surface area contributed by atoms with Crippen LogP contribution in [0.25, 0.3) is 0 Å². The Balaban J connectivity index is 2.16. The van der Waals surface area contributed by atoms with Crippen LogP contribution < -0.4 is 9.47 Å². The number of benzene rings is 2. The molecule has 112 valence electrons. The maximum atomic E-state index is 9.59. The highest BCUT2D eigenvalue weighted by Crippen LogP contribution is 2.31. The highest BCUT2D eigenvalue weighted by molar-refractivity contribution is 9.10. The normalized spacial score (nSPS) is 12.0. The number of rotatable bonds is 5. The van der Waals surface area contributed by atoms with Crippen LogP contribution in [0, 0.1) is 0 Å². The summed E-state index contributed by atoms with van der Waals surface area (Å²) in [4.78, 5) is 0. The van der Waals surface area contributed by atoms with E-state index in [1.807, 2.05) is 24.3 Å². The largest absolute Gasteiger partial charge is 0.493 e. The summed E-state index contributed by atoms with van der Waals surface area (Å²) in [7, 11) is 1.57. The molecule has 0 aliphatic heterocycles. The third kappa shape index (κ3) is 4.13. The Hall–Kier alpha value is -1.23. The van der Waals surface area contributed by atoms with Crippen molar-refractivity contribution in [3.8, 4) is 11.5 Å². The summed E-state index contributed by atoms with van der Waals surface area (Å²) in [5.41, 5.74) is 1.67. The first-order valence-corrected chi connectivity index (χ1v) is 7.61. The molecule has 3 nitrogen and oxygen atoms in total. The Morgan fingerprint density at radius 3 is 2.57 bits per heavy atom. The average Bonchev–Trinajstić information content (AvgIpc) is 2.46. The van der Waals surface area contributed by atoms with E-state index in [2.05, 4.69) is 15.9 Å². The number of hydrogen-bond donors (Lipinski definition) is 1. The molecule has 0 aliphatic carbocycles. The molecular weight excluding hydrogens is 356 g/mol. The van der Waals surface area contributed by atoms with Gasteiger partial charge in [0.05, 0.1) is 13.2 Å². The predicted molar refractivity (Wildman–Crippen MR) is 87.1 cm³/mol. The van der Waals surface area contributed by atoms with Gasteiger partial charge >= 0.3 is 0 Å². The van der Waals surface area contributed by atoms with Crippen molar-refractivity contribution in [1.82, 2.24) is 0 Å². The Morgan fingerprint density at radius 2 is 1.95 bits per heavy atom. The zero-order valence-corrected chi connectivity index (χ0v) is 14.1. The third-order valence-corrected chi connectivity index (χ3v) is 3.91. The van der Waals surface area contributed by atoms with E-state index in [4.69, 9.17) is 21.1 Å². The molecule has 0 aromatic heterocycles. The lowest BCUT2D eigenvalue weighted by molar-refractivity contribution is 0.198. The van der Waals surface area contributed by atoms with Gasteiger partial charge in [-0.2, -0.15) is 0 Å². The van der Waals surface area contributed by atoms with E-state index in [9.17, 15) is 5.11 Å². The van der Waals surface area contributed by atoms with Gasteiger partial charge in [0.15, 0.2) is 11.5 Å². The first-order chi connectivity index (χ1) is 10.0. The fraction of sp³-hybridized carbons (Fsp3) is 0.250. The molecule has 0 amide bonds. The molecule has 0 heterocycles. The van der Waals surface area contributed by atoms with Crippen molar-refractivity contribution in [1.29, 1.82) is 0 Å². The maximum Gasteiger partial charge on any atom is 0.161 e. The summed E-state index contributed by atoms with van der Waals surface area (Å²) in [5.74, 6) is 1.20. The highest BCUT2D eigenvalue weighted by Gasteiger charge is 2.10. The van der Waals surface area contributed by atoms with Crippen LogP contribution >= 0.6 is 27.5 Å². The molecule has 1 N–H and O–H groups in total. The van der Waals surface area contributed by atoms with Gasteiger partial charge in [-0.1, -0.05) is 39.7 Å². The number of ether oxygens (including phenoxy) is 2. The van der Waals surface area contributed by atoms with Crippen LogP contribution in [-0.2, 0) is 6.61 Å². The number of halogens is 2. The number of hydrogen-bond acceptors (Lipinski definition) is 3. The van der Waals surface area contributed by atoms with Crippen LogP contribution in [0.1, 0.15) is 24.2 Å². The summed E-state index contributed by atoms with van der Waals surface area (Å²) in [5, 5.41) is 10.2. The molecule has 1 unspecified atom stereocenters. The molecule has 0 radical (unpaired) electrons. The van der Waals surface area contributed by atoms with Gasteiger partial charge in [0.2, 0.25) is 0 Å². The predicted octanol–water partition coefficient (Wildman–Crippen LogP) is 4.74. The standard InChI is InChI=1S/C16H16BrClO3/c1-10(19)11-4-6-15(16(7-11)20-2)21-9-12-3-5-13(17)8-14(12)18/h3-8,10,19H,9H2,1-2H3. The summed E-state index contributed by atoms with van der Waals surface area (Å²) in [6.07, 6.45) is -0.547. The molecule has 0 spiro atoms. The van der Waals surface area contributed by atoms with Crippen LogP contribution in [0.4, 0.5) is 0 Å². The lowest BCUT2D eigenvalue weighted by Gasteiger charge is -2.14. The topological polar surface area (TPSA) is 38.7 Å². The number of methoxy groups -OCH3 is 1. The quantitative estimate of drug-likeness (QED) is 0.825. The van der Waals surface area contributed by atoms with Crippen molar-refractivity contribution in [2.75, 3.05) is 7.11 Å². The Labute approximate surface area is 137 Å². The third-order valence-electron chi connectivity index (χ3n) is 3.07. The monoisotopic (exact) mass is 370 g/mol. The first-order valence-electron chi connectivity index (χ1n) is 6.44. The molecule has 2 aromatic rings. The van der Waals surface area contributed by atoms with Gasteiger partial charge < -0.3 is 14.6 Å². The van der Waals surface area contributed by atoms with E-state index in [0.717, 1.165) is 15.6 Å². The Kier molecular flexibility index (Phi) is 5.51. The molecule has 0 fully saturated rings. The zero-order chi connectivity index (χ0) is 15.4. The zero-order valence-electron chi connectivity index (χ0n) is 11.8. The van der Waals surface area contributed by atoms with Gasteiger partial charge in [-0.15, -0.1) is 0 Å². The van der Waals surface area contributed by atoms with Crippen LogP contribution in [0.2, 0.25) is 5.02 Å². The molecule has 0 saturated carbocycles. The smallest absolute Gasteiger partial charge is 0.161 e. The fourth-order valence-electron chi connectivity index (χ4n) is 1.86. The number of aliphatic hydroxyl groups is 1. The second-order valence-electron chi connectivity index (χ2n) is 4.61. The van der Waals surface area contributed by atoms with E-state index in [1.54, 1.807) is 26.2 Å². The van der Waals surface area contributed by atoms with Crippen LogP contribution in [0.3, 0.4) is 0 Å². The molecule has 2 rings (SSSR count). The van der Waals surface area contributed by atoms with Gasteiger partial charge in [0.1, 0.15) is 6.61 Å². The van der Waals surface area contributed by atoms with Crippen molar-refractivity contribution in [3.63, 3.8) is 0 Å². The van der Waals surface area contributed by atoms with Crippen LogP contribution in [0.5, 0.6) is 11.5 Å². The fourth-order valence-corrected chi connectivity index (χ4v) is 2.59. The molecule has 0 aliphatic rings. The summed E-state index contributed by atoms with van der Waals surface area (Å²) in [6.45, 7) is 2.05. The Bertz CT molecular complexity index is 629. The molecule has 5 heteroatoms. The lowest BCUT2D eigenvalue weighted by Crippen LogP contribution is -2.00. The second kappa shape index (κ2) is 7.16. The molecular formula is C16H16BrClO3. The molecule has 0 saturated heterocycles. The van der Waals surface area contributed by atoms with Gasteiger partial charge in [0, 0.05) is 15.1 Å². The summed E-state index contributed by atoms with van der Waals surface area (Å²) >= 11 is 9.53. The van der Waals surface area contributed by atoms with E-state index in [1.165, 1.54) is 0 Å². The van der Waals surface area contributed by atoms with Crippen LogP contribution in [-0.4, -0.2) is 12.2 Å². The van der Waals surface area contributed by atoms with Gasteiger partial charge in [-0.25, -0.2) is 0 Å². The minimum absolute atomic E-state index is 0.344. The van der Waals surface area contributed by atoms with E-state index in [0.29, 0.717) is 23.1 Å². The molecule has 0 bridgehead atoms. The second-order valence-corrected chi connectivity index (χ2v) is 5.93. The van der Waals surface area contributed by atoms with E-state index in [-0.39, 0.29) is 0 Å². The van der Waals surface area contributed by atoms with Crippen molar-refractivity contribution in [2.24, 2.45) is 0 Å². The van der Waals surface area contributed by atoms with Crippen molar-refractivity contribution in [3.05, 3.63) is 57.0 Å². The highest BCUT2D eigenvalue weighted by atomic mass is 79.9. The SMILES string of the molecule is COc1cc(C(C)O)ccc1OCc1ccc(Br)cc1Cl. The van der Waals surface area contributed by atoms with E-state index >= 15 is 0 Å². The first kappa shape index (κ1) is 16.1. The summed E-state index contributed by atoms with van der Waals surface area (Å²) in [6, 6.07) is 11.0. The average molecular weight is 372 g/mol. The van der Waals surface area contributed by atoms with Crippen molar-refractivity contribution >= 4 is 27.5 Å². The van der Waals surface area contributed by atoms with E-state index < -0.39 is 6.10 Å². The maximum absolute atomic E-state index is 9.59. The number of aliphatic hydroxyl groups excluding tert-OH is 1. The Morgan fingerprint density at radius 1 is 1.19 bits per heavy atom. The molecule has 2 aromatic carbocycles. The molecule has 1 atom stereocenters.